The molecule has 1 aliphatic rings. The molecule has 2 heterocycles. The van der Waals surface area contributed by atoms with Gasteiger partial charge in [0.05, 0.1) is 39.8 Å². The lowest BCUT2D eigenvalue weighted by Crippen LogP contribution is -2.38. The zero-order valence-corrected chi connectivity index (χ0v) is 22.7. The standard InChI is InChI=1S/C26H28IN5O3S/c1-2-36(33,34)32-16-6-7-19(17-32)10-15-23-24(26(28)30-18-29-23)25(31-27)20-11-13-22(14-12-20)35-21-8-4-3-5-9-21/h2-5,8-9,11-14,18-19H,1,6-7,10,15-17H2,(H2,28,29,30)/b31-25-. The largest absolute Gasteiger partial charge is 0.457 e. The fourth-order valence-corrected chi connectivity index (χ4v) is 5.90. The quantitative estimate of drug-likeness (QED) is 0.263. The fourth-order valence-electron chi connectivity index (χ4n) is 4.37. The van der Waals surface area contributed by atoms with Gasteiger partial charge in [0.15, 0.2) is 0 Å². The number of anilines is 1. The monoisotopic (exact) mass is 617 g/mol. The predicted octanol–water partition coefficient (Wildman–Crippen LogP) is 5.16. The molecule has 0 bridgehead atoms. The van der Waals surface area contributed by atoms with Crippen molar-refractivity contribution < 1.29 is 13.2 Å². The summed E-state index contributed by atoms with van der Waals surface area (Å²) in [5, 5.41) is 1.03. The Balaban J connectivity index is 1.51. The van der Waals surface area contributed by atoms with E-state index >= 15 is 0 Å². The van der Waals surface area contributed by atoms with Gasteiger partial charge >= 0.3 is 0 Å². The molecule has 1 atom stereocenters. The maximum Gasteiger partial charge on any atom is 0.235 e. The molecule has 188 valence electrons. The van der Waals surface area contributed by atoms with Crippen molar-refractivity contribution in [2.24, 2.45) is 9.12 Å². The van der Waals surface area contributed by atoms with Gasteiger partial charge in [-0.05, 0) is 68.0 Å². The Bertz CT molecular complexity index is 1330. The van der Waals surface area contributed by atoms with Gasteiger partial charge in [-0.15, -0.1) is 0 Å². The van der Waals surface area contributed by atoms with Crippen LogP contribution in [0.1, 0.15) is 36.1 Å². The van der Waals surface area contributed by atoms with Gasteiger partial charge in [0.25, 0.3) is 0 Å². The van der Waals surface area contributed by atoms with Crippen LogP contribution in [-0.4, -0.2) is 41.5 Å². The van der Waals surface area contributed by atoms with E-state index in [1.807, 2.05) is 77.5 Å². The number of aromatic nitrogens is 2. The van der Waals surface area contributed by atoms with Crippen molar-refractivity contribution in [3.63, 3.8) is 0 Å². The van der Waals surface area contributed by atoms with Gasteiger partial charge in [-0.3, -0.25) is 0 Å². The number of aryl methyl sites for hydroxylation is 1. The summed E-state index contributed by atoms with van der Waals surface area (Å²) in [6, 6.07) is 17.2. The normalized spacial score (nSPS) is 17.0. The Labute approximate surface area is 225 Å². The topological polar surface area (TPSA) is 111 Å². The minimum absolute atomic E-state index is 0.229. The lowest BCUT2D eigenvalue weighted by atomic mass is 9.92. The van der Waals surface area contributed by atoms with Gasteiger partial charge in [-0.2, -0.15) is 4.31 Å². The zero-order chi connectivity index (χ0) is 25.5. The average molecular weight is 618 g/mol. The van der Waals surface area contributed by atoms with E-state index < -0.39 is 10.0 Å². The first-order valence-electron chi connectivity index (χ1n) is 11.7. The van der Waals surface area contributed by atoms with Crippen molar-refractivity contribution in [3.8, 4) is 11.5 Å². The molecule has 0 amide bonds. The molecule has 1 saturated heterocycles. The molecule has 1 aliphatic heterocycles. The van der Waals surface area contributed by atoms with Crippen molar-refractivity contribution in [3.05, 3.63) is 89.7 Å². The molecule has 4 rings (SSSR count). The number of halogens is 1. The first-order chi connectivity index (χ1) is 17.4. The van der Waals surface area contributed by atoms with E-state index in [-0.39, 0.29) is 5.92 Å². The number of para-hydroxylation sites is 1. The van der Waals surface area contributed by atoms with Crippen LogP contribution in [0.15, 0.2) is 76.1 Å². The van der Waals surface area contributed by atoms with Crippen LogP contribution in [0.2, 0.25) is 0 Å². The molecule has 1 aromatic heterocycles. The van der Waals surface area contributed by atoms with Gasteiger partial charge in [0.1, 0.15) is 23.6 Å². The van der Waals surface area contributed by atoms with E-state index in [0.29, 0.717) is 42.4 Å². The van der Waals surface area contributed by atoms with Crippen LogP contribution in [0, 0.1) is 5.92 Å². The lowest BCUT2D eigenvalue weighted by molar-refractivity contribution is 0.258. The highest BCUT2D eigenvalue weighted by atomic mass is 127. The van der Waals surface area contributed by atoms with Crippen LogP contribution in [0.25, 0.3) is 0 Å². The van der Waals surface area contributed by atoms with E-state index in [0.717, 1.165) is 41.7 Å². The van der Waals surface area contributed by atoms with Crippen LogP contribution in [0.5, 0.6) is 11.5 Å². The van der Waals surface area contributed by atoms with Crippen molar-refractivity contribution in [2.75, 3.05) is 18.8 Å². The van der Waals surface area contributed by atoms with Crippen molar-refractivity contribution in [1.82, 2.24) is 14.3 Å². The molecule has 2 aromatic carbocycles. The van der Waals surface area contributed by atoms with Crippen LogP contribution >= 0.6 is 22.9 Å². The molecule has 1 fully saturated rings. The summed E-state index contributed by atoms with van der Waals surface area (Å²) in [6.45, 7) is 4.47. The molecule has 3 aromatic rings. The third-order valence-electron chi connectivity index (χ3n) is 6.22. The summed E-state index contributed by atoms with van der Waals surface area (Å²) >= 11 is 1.97. The fraction of sp³-hybridized carbons (Fsp3) is 0.269. The third-order valence-corrected chi connectivity index (χ3v) is 8.18. The SMILES string of the molecule is C=CS(=O)(=O)N1CCCC(CCc2ncnc(N)c2/C(=N\I)c2ccc(Oc3ccccc3)cc2)C1. The second kappa shape index (κ2) is 11.9. The first-order valence-corrected chi connectivity index (χ1v) is 14.1. The molecule has 0 radical (unpaired) electrons. The number of nitrogens with zero attached hydrogens (tertiary/aromatic N) is 4. The van der Waals surface area contributed by atoms with Crippen LogP contribution in [0.4, 0.5) is 5.82 Å². The summed E-state index contributed by atoms with van der Waals surface area (Å²) in [4.78, 5) is 8.74. The minimum atomic E-state index is -3.41. The molecule has 0 aliphatic carbocycles. The number of nitrogens with two attached hydrogens (primary N) is 1. The van der Waals surface area contributed by atoms with Crippen LogP contribution in [0.3, 0.4) is 0 Å². The number of ether oxygens (including phenoxy) is 1. The smallest absolute Gasteiger partial charge is 0.235 e. The predicted molar refractivity (Wildman–Crippen MR) is 151 cm³/mol. The third kappa shape index (κ3) is 6.29. The van der Waals surface area contributed by atoms with E-state index in [4.69, 9.17) is 10.5 Å². The molecule has 36 heavy (non-hydrogen) atoms. The second-order valence-corrected chi connectivity index (χ2v) is 10.9. The van der Waals surface area contributed by atoms with Gasteiger partial charge in [-0.1, -0.05) is 24.8 Å². The molecular formula is C26H28IN5O3S. The minimum Gasteiger partial charge on any atom is -0.457 e. The Morgan fingerprint density at radius 1 is 1.17 bits per heavy atom. The number of sulfonamides is 1. The number of piperidine rings is 1. The zero-order valence-electron chi connectivity index (χ0n) is 19.8. The summed E-state index contributed by atoms with van der Waals surface area (Å²) < 4.78 is 36.4. The highest BCUT2D eigenvalue weighted by molar-refractivity contribution is 14.1. The summed E-state index contributed by atoms with van der Waals surface area (Å²) in [5.74, 6) is 2.07. The summed E-state index contributed by atoms with van der Waals surface area (Å²) in [6.07, 6.45) is 4.68. The number of benzene rings is 2. The molecule has 10 heteroatoms. The number of rotatable bonds is 9. The Morgan fingerprint density at radius 3 is 2.58 bits per heavy atom. The molecule has 0 spiro atoms. The van der Waals surface area contributed by atoms with Gasteiger partial charge in [0.2, 0.25) is 10.0 Å². The Morgan fingerprint density at radius 2 is 1.89 bits per heavy atom. The number of hydrogen-bond donors (Lipinski definition) is 1. The van der Waals surface area contributed by atoms with Crippen molar-refractivity contribution in [1.29, 1.82) is 0 Å². The highest BCUT2D eigenvalue weighted by Gasteiger charge is 2.27. The van der Waals surface area contributed by atoms with Gasteiger partial charge < -0.3 is 10.5 Å². The van der Waals surface area contributed by atoms with E-state index in [1.54, 1.807) is 0 Å². The second-order valence-electron chi connectivity index (χ2n) is 8.57. The maximum absolute atomic E-state index is 12.2. The van der Waals surface area contributed by atoms with E-state index in [9.17, 15) is 8.42 Å². The maximum atomic E-state index is 12.2. The summed E-state index contributed by atoms with van der Waals surface area (Å²) in [5.41, 5.74) is 9.37. The van der Waals surface area contributed by atoms with E-state index in [1.165, 1.54) is 10.6 Å². The number of hydrogen-bond acceptors (Lipinski definition) is 7. The lowest BCUT2D eigenvalue weighted by Gasteiger charge is -2.31. The molecule has 0 saturated carbocycles. The average Bonchev–Trinajstić information content (AvgIpc) is 2.90. The molecule has 8 nitrogen and oxygen atoms in total. The van der Waals surface area contributed by atoms with Gasteiger partial charge in [-0.25, -0.2) is 21.6 Å². The van der Waals surface area contributed by atoms with Crippen molar-refractivity contribution in [2.45, 2.75) is 25.7 Å². The van der Waals surface area contributed by atoms with Crippen LogP contribution in [-0.2, 0) is 16.4 Å². The molecule has 1 unspecified atom stereocenters. The van der Waals surface area contributed by atoms with Crippen LogP contribution < -0.4 is 10.5 Å². The van der Waals surface area contributed by atoms with Gasteiger partial charge in [0, 0.05) is 24.1 Å². The van der Waals surface area contributed by atoms with E-state index in [2.05, 4.69) is 19.8 Å². The Kier molecular flexibility index (Phi) is 8.70. The first kappa shape index (κ1) is 26.2. The Hall–Kier alpha value is -2.83. The number of nitrogen functional groups attached to an aromatic ring is 1. The van der Waals surface area contributed by atoms with Crippen molar-refractivity contribution >= 4 is 44.4 Å². The highest BCUT2D eigenvalue weighted by Crippen LogP contribution is 2.28. The summed E-state index contributed by atoms with van der Waals surface area (Å²) in [7, 11) is -3.41. The molecular weight excluding hydrogens is 589 g/mol. The molecule has 2 N–H and O–H groups in total.